The molecule has 0 aromatic heterocycles. The van der Waals surface area contributed by atoms with Gasteiger partial charge in [0.2, 0.25) is 0 Å². The average molecular weight is 426 g/mol. The summed E-state index contributed by atoms with van der Waals surface area (Å²) in [5.74, 6) is 1.94. The van der Waals surface area contributed by atoms with Crippen molar-refractivity contribution in [1.29, 1.82) is 0 Å². The van der Waals surface area contributed by atoms with E-state index in [1.165, 1.54) is 16.8 Å². The summed E-state index contributed by atoms with van der Waals surface area (Å²) >= 11 is 3.54. The summed E-state index contributed by atoms with van der Waals surface area (Å²) in [4.78, 5) is 0. The molecule has 2 aromatic rings. The van der Waals surface area contributed by atoms with Crippen LogP contribution in [-0.2, 0) is 4.74 Å². The van der Waals surface area contributed by atoms with Crippen LogP contribution in [0.2, 0.25) is 0 Å². The van der Waals surface area contributed by atoms with Crippen LogP contribution in [0, 0.1) is 5.92 Å². The van der Waals surface area contributed by atoms with Gasteiger partial charge in [-0.1, -0.05) is 40.2 Å². The molecule has 1 saturated heterocycles. The van der Waals surface area contributed by atoms with Crippen molar-refractivity contribution in [2.75, 3.05) is 18.5 Å². The predicted octanol–water partition coefficient (Wildman–Crippen LogP) is 5.83. The normalized spacial score (nSPS) is 28.5. The molecule has 1 fully saturated rings. The number of benzene rings is 2. The van der Waals surface area contributed by atoms with E-state index in [9.17, 15) is 0 Å². The molecule has 1 N–H and O–H groups in total. The molecule has 4 heteroatoms. The Balaban J connectivity index is 1.39. The lowest BCUT2D eigenvalue weighted by Crippen LogP contribution is -2.29. The van der Waals surface area contributed by atoms with Crippen molar-refractivity contribution in [3.05, 3.63) is 70.2 Å². The van der Waals surface area contributed by atoms with Gasteiger partial charge in [0, 0.05) is 22.7 Å². The van der Waals surface area contributed by atoms with Gasteiger partial charge >= 0.3 is 0 Å². The van der Waals surface area contributed by atoms with Gasteiger partial charge in [-0.25, -0.2) is 0 Å². The van der Waals surface area contributed by atoms with Gasteiger partial charge in [0.15, 0.2) is 0 Å². The van der Waals surface area contributed by atoms with Crippen molar-refractivity contribution in [3.8, 4) is 5.75 Å². The number of halogens is 1. The van der Waals surface area contributed by atoms with Gasteiger partial charge in [0.1, 0.15) is 12.4 Å². The number of ether oxygens (including phenoxy) is 2. The third-order valence-corrected chi connectivity index (χ3v) is 6.55. The summed E-state index contributed by atoms with van der Waals surface area (Å²) in [6, 6.07) is 15.5. The molecule has 3 nitrogen and oxygen atoms in total. The molecule has 3 aliphatic rings. The number of nitrogens with one attached hydrogen (secondary N) is 1. The van der Waals surface area contributed by atoms with E-state index in [0.29, 0.717) is 24.5 Å². The number of hydrogen-bond acceptors (Lipinski definition) is 3. The number of rotatable bonds is 4. The lowest BCUT2D eigenvalue weighted by Gasteiger charge is -2.37. The lowest BCUT2D eigenvalue weighted by atomic mass is 9.77. The molecule has 4 atom stereocenters. The van der Waals surface area contributed by atoms with Gasteiger partial charge in [-0.2, -0.15) is 0 Å². The predicted molar refractivity (Wildman–Crippen MR) is 111 cm³/mol. The summed E-state index contributed by atoms with van der Waals surface area (Å²) in [6.07, 6.45) is 8.32. The van der Waals surface area contributed by atoms with Crippen molar-refractivity contribution in [1.82, 2.24) is 0 Å². The van der Waals surface area contributed by atoms with E-state index in [2.05, 4.69) is 75.9 Å². The van der Waals surface area contributed by atoms with E-state index in [1.807, 2.05) is 0 Å². The van der Waals surface area contributed by atoms with Gasteiger partial charge in [-0.3, -0.25) is 0 Å². The van der Waals surface area contributed by atoms with Gasteiger partial charge in [-0.15, -0.1) is 0 Å². The first-order valence-electron chi connectivity index (χ1n) is 9.85. The molecule has 27 heavy (non-hydrogen) atoms. The summed E-state index contributed by atoms with van der Waals surface area (Å²) in [5, 5.41) is 3.79. The van der Waals surface area contributed by atoms with Crippen LogP contribution in [0.25, 0.3) is 0 Å². The fourth-order valence-electron chi connectivity index (χ4n) is 4.63. The van der Waals surface area contributed by atoms with Crippen LogP contribution < -0.4 is 10.1 Å². The van der Waals surface area contributed by atoms with Crippen molar-refractivity contribution in [2.24, 2.45) is 5.92 Å². The average Bonchev–Trinajstić information content (AvgIpc) is 3.38. The summed E-state index contributed by atoms with van der Waals surface area (Å²) in [6.45, 7) is 1.52. The maximum Gasteiger partial charge on any atom is 0.119 e. The van der Waals surface area contributed by atoms with Crippen molar-refractivity contribution < 1.29 is 9.47 Å². The maximum atomic E-state index is 6.05. The first-order valence-corrected chi connectivity index (χ1v) is 10.6. The molecule has 0 radical (unpaired) electrons. The van der Waals surface area contributed by atoms with Crippen LogP contribution in [0.15, 0.2) is 59.1 Å². The summed E-state index contributed by atoms with van der Waals surface area (Å²) in [5.41, 5.74) is 3.92. The van der Waals surface area contributed by atoms with Crippen molar-refractivity contribution in [2.45, 2.75) is 37.3 Å². The Kier molecular flexibility index (Phi) is 4.70. The second-order valence-corrected chi connectivity index (χ2v) is 8.64. The fourth-order valence-corrected chi connectivity index (χ4v) is 4.89. The second kappa shape index (κ2) is 7.33. The fraction of sp³-hybridized carbons (Fsp3) is 0.391. The van der Waals surface area contributed by atoms with Crippen LogP contribution >= 0.6 is 15.9 Å². The minimum atomic E-state index is 0.250. The standard InChI is InChI=1S/C23H24BrNO2/c24-16-8-6-15(7-9-16)23-20-5-1-4-19(20)21-13-17(10-11-22(21)25-23)27-14-18-3-2-12-26-18/h1,4,6-11,13,18-20,23,25H,2-3,5,12,14H2. The zero-order chi connectivity index (χ0) is 18.2. The van der Waals surface area contributed by atoms with Gasteiger partial charge in [0.05, 0.1) is 12.1 Å². The molecule has 2 aliphatic heterocycles. The van der Waals surface area contributed by atoms with E-state index in [1.54, 1.807) is 0 Å². The molecule has 5 rings (SSSR count). The number of anilines is 1. The third kappa shape index (κ3) is 3.41. The molecule has 4 unspecified atom stereocenters. The third-order valence-electron chi connectivity index (χ3n) is 6.02. The van der Waals surface area contributed by atoms with Crippen LogP contribution in [-0.4, -0.2) is 19.3 Å². The van der Waals surface area contributed by atoms with E-state index in [0.717, 1.165) is 36.1 Å². The summed E-state index contributed by atoms with van der Waals surface area (Å²) in [7, 11) is 0. The maximum absolute atomic E-state index is 6.05. The lowest BCUT2D eigenvalue weighted by molar-refractivity contribution is 0.0679. The molecular weight excluding hydrogens is 402 g/mol. The molecule has 0 spiro atoms. The number of allylic oxidation sites excluding steroid dienone is 2. The first-order chi connectivity index (χ1) is 13.3. The second-order valence-electron chi connectivity index (χ2n) is 7.72. The Labute approximate surface area is 168 Å². The highest BCUT2D eigenvalue weighted by molar-refractivity contribution is 9.10. The van der Waals surface area contributed by atoms with Crippen LogP contribution in [0.1, 0.15) is 42.3 Å². The van der Waals surface area contributed by atoms with E-state index < -0.39 is 0 Å². The van der Waals surface area contributed by atoms with E-state index in [-0.39, 0.29) is 6.10 Å². The Morgan fingerprint density at radius 2 is 2.04 bits per heavy atom. The Morgan fingerprint density at radius 3 is 2.85 bits per heavy atom. The molecule has 0 amide bonds. The quantitative estimate of drug-likeness (QED) is 0.624. The summed E-state index contributed by atoms with van der Waals surface area (Å²) < 4.78 is 12.8. The molecule has 0 bridgehead atoms. The molecule has 2 aromatic carbocycles. The van der Waals surface area contributed by atoms with Crippen LogP contribution in [0.5, 0.6) is 5.75 Å². The highest BCUT2D eigenvalue weighted by Crippen LogP contribution is 2.50. The SMILES string of the molecule is Brc1ccc(C2Nc3ccc(OCC4CCCO4)cc3C3C=CCC32)cc1. The zero-order valence-electron chi connectivity index (χ0n) is 15.2. The largest absolute Gasteiger partial charge is 0.491 e. The molecule has 2 heterocycles. The molecular formula is C23H24BrNO2. The highest BCUT2D eigenvalue weighted by atomic mass is 79.9. The van der Waals surface area contributed by atoms with Gasteiger partial charge in [0.25, 0.3) is 0 Å². The van der Waals surface area contributed by atoms with E-state index in [4.69, 9.17) is 9.47 Å². The smallest absolute Gasteiger partial charge is 0.119 e. The van der Waals surface area contributed by atoms with Crippen LogP contribution in [0.3, 0.4) is 0 Å². The molecule has 140 valence electrons. The minimum Gasteiger partial charge on any atom is -0.491 e. The van der Waals surface area contributed by atoms with Gasteiger partial charge < -0.3 is 14.8 Å². The monoisotopic (exact) mass is 425 g/mol. The number of hydrogen-bond donors (Lipinski definition) is 1. The molecule has 0 saturated carbocycles. The Morgan fingerprint density at radius 1 is 1.15 bits per heavy atom. The van der Waals surface area contributed by atoms with Crippen LogP contribution in [0.4, 0.5) is 5.69 Å². The molecule has 1 aliphatic carbocycles. The van der Waals surface area contributed by atoms with Crippen molar-refractivity contribution >= 4 is 21.6 Å². The van der Waals surface area contributed by atoms with Crippen molar-refractivity contribution in [3.63, 3.8) is 0 Å². The minimum absolute atomic E-state index is 0.250. The zero-order valence-corrected chi connectivity index (χ0v) is 16.8. The first kappa shape index (κ1) is 17.3. The number of fused-ring (bicyclic) bond motifs is 3. The Bertz CT molecular complexity index is 842. The topological polar surface area (TPSA) is 30.5 Å². The van der Waals surface area contributed by atoms with Gasteiger partial charge in [-0.05, 0) is 66.6 Å². The highest BCUT2D eigenvalue weighted by Gasteiger charge is 2.38. The van der Waals surface area contributed by atoms with E-state index >= 15 is 0 Å². The Hall–Kier alpha value is -1.78.